The largest absolute Gasteiger partial charge is 0.385 e. The highest BCUT2D eigenvalue weighted by Crippen LogP contribution is 2.18. The second-order valence-electron chi connectivity index (χ2n) is 4.00. The molecule has 0 spiro atoms. The van der Waals surface area contributed by atoms with E-state index in [2.05, 4.69) is 15.1 Å². The first kappa shape index (κ1) is 10.5. The molecule has 18 heavy (non-hydrogen) atoms. The fourth-order valence-corrected chi connectivity index (χ4v) is 1.82. The summed E-state index contributed by atoms with van der Waals surface area (Å²) in [6.07, 6.45) is 0. The van der Waals surface area contributed by atoms with Gasteiger partial charge < -0.3 is 10.7 Å². The van der Waals surface area contributed by atoms with Gasteiger partial charge >= 0.3 is 5.69 Å². The lowest BCUT2D eigenvalue weighted by Crippen LogP contribution is -2.23. The van der Waals surface area contributed by atoms with Crippen molar-refractivity contribution in [2.24, 2.45) is 0 Å². The van der Waals surface area contributed by atoms with E-state index in [9.17, 15) is 4.79 Å². The molecule has 0 aliphatic heterocycles. The molecule has 2 heterocycles. The number of rotatable bonds is 1. The second-order valence-corrected chi connectivity index (χ2v) is 4.00. The van der Waals surface area contributed by atoms with Gasteiger partial charge in [-0.15, -0.1) is 5.10 Å². The van der Waals surface area contributed by atoms with Crippen LogP contribution in [-0.4, -0.2) is 19.7 Å². The molecule has 90 valence electrons. The molecular formula is C12H11N5O. The van der Waals surface area contributed by atoms with Gasteiger partial charge in [-0.25, -0.2) is 4.79 Å². The Labute approximate surface area is 102 Å². The van der Waals surface area contributed by atoms with Crippen molar-refractivity contribution in [3.63, 3.8) is 0 Å². The SMILES string of the molecule is Cc1c(N)[nH]c2nn(-c3ccccc3)c(=O)nc12. The van der Waals surface area contributed by atoms with E-state index in [0.717, 1.165) is 5.56 Å². The Bertz CT molecular complexity index is 772. The molecule has 0 fully saturated rings. The van der Waals surface area contributed by atoms with Crippen molar-refractivity contribution in [2.75, 3.05) is 5.73 Å². The number of aromatic nitrogens is 4. The summed E-state index contributed by atoms with van der Waals surface area (Å²) in [7, 11) is 0. The van der Waals surface area contributed by atoms with E-state index in [1.54, 1.807) is 19.1 Å². The van der Waals surface area contributed by atoms with Crippen LogP contribution in [0.25, 0.3) is 16.9 Å². The highest BCUT2D eigenvalue weighted by molar-refractivity contribution is 5.80. The van der Waals surface area contributed by atoms with Gasteiger partial charge in [-0.05, 0) is 19.1 Å². The highest BCUT2D eigenvalue weighted by atomic mass is 16.1. The molecule has 2 aromatic heterocycles. The van der Waals surface area contributed by atoms with Gasteiger partial charge in [0.1, 0.15) is 11.3 Å². The summed E-state index contributed by atoms with van der Waals surface area (Å²) in [5.74, 6) is 0.482. The number of hydrogen-bond donors (Lipinski definition) is 2. The first-order valence-electron chi connectivity index (χ1n) is 5.47. The number of nitrogen functional groups attached to an aromatic ring is 1. The standard InChI is InChI=1S/C12H11N5O/c1-7-9-11(15-10(7)13)16-17(12(18)14-9)8-5-3-2-4-6-8/h2-6H,13H2,1H3,(H,15,16). The molecule has 0 bridgehead atoms. The number of aryl methyl sites for hydroxylation is 1. The third-order valence-electron chi connectivity index (χ3n) is 2.83. The average Bonchev–Trinajstić information content (AvgIpc) is 2.66. The molecule has 0 unspecified atom stereocenters. The first-order chi connectivity index (χ1) is 8.66. The van der Waals surface area contributed by atoms with Crippen LogP contribution in [0, 0.1) is 6.92 Å². The lowest BCUT2D eigenvalue weighted by molar-refractivity contribution is 0.788. The Balaban J connectivity index is 2.32. The number of hydrogen-bond acceptors (Lipinski definition) is 4. The zero-order chi connectivity index (χ0) is 12.7. The van der Waals surface area contributed by atoms with Gasteiger partial charge in [-0.1, -0.05) is 18.2 Å². The van der Waals surface area contributed by atoms with Gasteiger partial charge in [-0.2, -0.15) is 9.67 Å². The van der Waals surface area contributed by atoms with Crippen molar-refractivity contribution in [3.05, 3.63) is 46.4 Å². The third kappa shape index (κ3) is 1.46. The summed E-state index contributed by atoms with van der Waals surface area (Å²) in [6, 6.07) is 9.13. The second kappa shape index (κ2) is 3.69. The van der Waals surface area contributed by atoms with Crippen LogP contribution in [0.15, 0.2) is 35.1 Å². The molecule has 0 aliphatic rings. The Morgan fingerprint density at radius 1 is 1.28 bits per heavy atom. The van der Waals surface area contributed by atoms with Crippen molar-refractivity contribution in [1.29, 1.82) is 0 Å². The summed E-state index contributed by atoms with van der Waals surface area (Å²) in [4.78, 5) is 18.8. The van der Waals surface area contributed by atoms with Crippen molar-refractivity contribution in [1.82, 2.24) is 19.7 Å². The van der Waals surface area contributed by atoms with E-state index in [-0.39, 0.29) is 0 Å². The van der Waals surface area contributed by atoms with Gasteiger partial charge in [0.2, 0.25) is 0 Å². The number of anilines is 1. The van der Waals surface area contributed by atoms with E-state index >= 15 is 0 Å². The average molecular weight is 241 g/mol. The van der Waals surface area contributed by atoms with Gasteiger partial charge in [0, 0.05) is 5.56 Å². The Kier molecular flexibility index (Phi) is 2.16. The molecule has 0 amide bonds. The van der Waals surface area contributed by atoms with Crippen LogP contribution in [-0.2, 0) is 0 Å². The Morgan fingerprint density at radius 3 is 2.72 bits per heavy atom. The van der Waals surface area contributed by atoms with E-state index in [4.69, 9.17) is 5.73 Å². The lowest BCUT2D eigenvalue weighted by atomic mass is 10.3. The number of nitrogens with one attached hydrogen (secondary N) is 1. The van der Waals surface area contributed by atoms with Crippen LogP contribution in [0.4, 0.5) is 5.82 Å². The molecule has 0 saturated heterocycles. The maximum Gasteiger partial charge on any atom is 0.369 e. The summed E-state index contributed by atoms with van der Waals surface area (Å²) in [6.45, 7) is 1.80. The number of para-hydroxylation sites is 1. The van der Waals surface area contributed by atoms with Crippen LogP contribution < -0.4 is 11.4 Å². The molecule has 0 aliphatic carbocycles. The van der Waals surface area contributed by atoms with Crippen LogP contribution in [0.2, 0.25) is 0 Å². The molecule has 0 atom stereocenters. The number of nitrogens with zero attached hydrogens (tertiary/aromatic N) is 3. The number of aromatic amines is 1. The van der Waals surface area contributed by atoms with Crippen molar-refractivity contribution < 1.29 is 0 Å². The molecule has 3 rings (SSSR count). The molecule has 1 aromatic carbocycles. The fourth-order valence-electron chi connectivity index (χ4n) is 1.82. The zero-order valence-corrected chi connectivity index (χ0v) is 9.71. The van der Waals surface area contributed by atoms with E-state index in [1.807, 2.05) is 18.2 Å². The number of nitrogens with two attached hydrogens (primary N) is 1. The van der Waals surface area contributed by atoms with Crippen LogP contribution in [0.1, 0.15) is 5.56 Å². The van der Waals surface area contributed by atoms with Crippen molar-refractivity contribution >= 4 is 17.0 Å². The van der Waals surface area contributed by atoms with E-state index in [1.165, 1.54) is 4.68 Å². The van der Waals surface area contributed by atoms with Crippen LogP contribution >= 0.6 is 0 Å². The van der Waals surface area contributed by atoms with Crippen LogP contribution in [0.5, 0.6) is 0 Å². The maximum atomic E-state index is 11.9. The molecule has 3 aromatic rings. The topological polar surface area (TPSA) is 89.6 Å². The lowest BCUT2D eigenvalue weighted by Gasteiger charge is -2.02. The minimum atomic E-state index is -0.421. The maximum absolute atomic E-state index is 11.9. The van der Waals surface area contributed by atoms with Gasteiger partial charge in [-0.3, -0.25) is 0 Å². The monoisotopic (exact) mass is 241 g/mol. The summed E-state index contributed by atoms with van der Waals surface area (Å²) >= 11 is 0. The summed E-state index contributed by atoms with van der Waals surface area (Å²) < 4.78 is 1.25. The normalized spacial score (nSPS) is 10.9. The minimum absolute atomic E-state index is 0.421. The molecule has 0 radical (unpaired) electrons. The predicted molar refractivity (Wildman–Crippen MR) is 68.6 cm³/mol. The Morgan fingerprint density at radius 2 is 2.00 bits per heavy atom. The van der Waals surface area contributed by atoms with E-state index in [0.29, 0.717) is 22.7 Å². The first-order valence-corrected chi connectivity index (χ1v) is 5.47. The smallest absolute Gasteiger partial charge is 0.369 e. The molecule has 6 nitrogen and oxygen atoms in total. The zero-order valence-electron chi connectivity index (χ0n) is 9.71. The molecular weight excluding hydrogens is 230 g/mol. The van der Waals surface area contributed by atoms with Gasteiger partial charge in [0.05, 0.1) is 5.69 Å². The minimum Gasteiger partial charge on any atom is -0.385 e. The van der Waals surface area contributed by atoms with Gasteiger partial charge in [0.15, 0.2) is 5.65 Å². The van der Waals surface area contributed by atoms with E-state index < -0.39 is 5.69 Å². The number of H-pyrrole nitrogens is 1. The molecule has 6 heteroatoms. The third-order valence-corrected chi connectivity index (χ3v) is 2.83. The quantitative estimate of drug-likeness (QED) is 0.665. The molecule has 3 N–H and O–H groups in total. The summed E-state index contributed by atoms with van der Waals surface area (Å²) in [5.41, 5.74) is 7.76. The Hall–Kier alpha value is -2.63. The number of benzene rings is 1. The van der Waals surface area contributed by atoms with Gasteiger partial charge in [0.25, 0.3) is 0 Å². The molecule has 0 saturated carbocycles. The highest BCUT2D eigenvalue weighted by Gasteiger charge is 2.11. The van der Waals surface area contributed by atoms with Crippen molar-refractivity contribution in [2.45, 2.75) is 6.92 Å². The predicted octanol–water partition coefficient (Wildman–Crippen LogP) is 0.999. The van der Waals surface area contributed by atoms with Crippen molar-refractivity contribution in [3.8, 4) is 5.69 Å². The summed E-state index contributed by atoms with van der Waals surface area (Å²) in [5, 5.41) is 4.23. The van der Waals surface area contributed by atoms with Crippen LogP contribution in [0.3, 0.4) is 0 Å². The fraction of sp³-hybridized carbons (Fsp3) is 0.0833. The number of fused-ring (bicyclic) bond motifs is 1.